The fourth-order valence-corrected chi connectivity index (χ4v) is 4.62. The van der Waals surface area contributed by atoms with Crippen LogP contribution in [-0.4, -0.2) is 57.1 Å². The number of carbonyl (C=O) groups is 3. The Labute approximate surface area is 245 Å². The smallest absolute Gasteiger partial charge is 0.408 e. The molecule has 11 heteroatoms. The fraction of sp³-hybridized carbons (Fsp3) is 0.419. The molecule has 0 saturated heterocycles. The Bertz CT molecular complexity index is 1410. The van der Waals surface area contributed by atoms with Gasteiger partial charge in [-0.3, -0.25) is 9.59 Å². The molecule has 0 aliphatic carbocycles. The highest BCUT2D eigenvalue weighted by molar-refractivity contribution is 5.91. The second-order valence-corrected chi connectivity index (χ2v) is 11.4. The lowest BCUT2D eigenvalue weighted by atomic mass is 10.1. The summed E-state index contributed by atoms with van der Waals surface area (Å²) in [7, 11) is 0. The number of alkyl carbamates (subject to hydrolysis) is 1. The minimum Gasteiger partial charge on any atom is -0.444 e. The number of ether oxygens (including phenoxy) is 1. The number of hydrogen-bond acceptors (Lipinski definition) is 6. The molecule has 2 heterocycles. The molecule has 2 aromatic carbocycles. The van der Waals surface area contributed by atoms with Crippen molar-refractivity contribution in [3.63, 3.8) is 0 Å². The maximum absolute atomic E-state index is 13.7. The summed E-state index contributed by atoms with van der Waals surface area (Å²) in [6.07, 6.45) is -0.247. The number of halogens is 1. The molecule has 0 unspecified atom stereocenters. The lowest BCUT2D eigenvalue weighted by molar-refractivity contribution is -0.137. The van der Waals surface area contributed by atoms with Crippen LogP contribution in [0.1, 0.15) is 51.9 Å². The average molecular weight is 579 g/mol. The molecule has 0 spiro atoms. The lowest BCUT2D eigenvalue weighted by Gasteiger charge is -2.32. The molecule has 0 radical (unpaired) electrons. The first-order valence-corrected chi connectivity index (χ1v) is 14.2. The molecule has 3 N–H and O–H groups in total. The van der Waals surface area contributed by atoms with Crippen molar-refractivity contribution in [1.29, 1.82) is 0 Å². The number of rotatable bonds is 9. The Balaban J connectivity index is 1.61. The van der Waals surface area contributed by atoms with Gasteiger partial charge in [-0.25, -0.2) is 14.2 Å². The van der Waals surface area contributed by atoms with Crippen molar-refractivity contribution in [2.45, 2.75) is 72.2 Å². The highest BCUT2D eigenvalue weighted by atomic mass is 19.1. The molecular formula is C31H39FN6O4. The van der Waals surface area contributed by atoms with E-state index in [1.165, 1.54) is 12.1 Å². The Kier molecular flexibility index (Phi) is 9.49. The number of imidazole rings is 1. The van der Waals surface area contributed by atoms with E-state index in [1.807, 2.05) is 42.7 Å². The van der Waals surface area contributed by atoms with Crippen LogP contribution in [0.25, 0.3) is 11.3 Å². The molecule has 0 bridgehead atoms. The molecule has 1 aliphatic heterocycles. The Morgan fingerprint density at radius 3 is 2.38 bits per heavy atom. The number of nitrogens with zero attached hydrogens (tertiary/aromatic N) is 3. The first kappa shape index (κ1) is 30.5. The Morgan fingerprint density at radius 2 is 1.74 bits per heavy atom. The zero-order valence-corrected chi connectivity index (χ0v) is 24.8. The third-order valence-corrected chi connectivity index (χ3v) is 6.67. The van der Waals surface area contributed by atoms with Gasteiger partial charge in [0.1, 0.15) is 34.8 Å². The van der Waals surface area contributed by atoms with Crippen molar-refractivity contribution < 1.29 is 23.5 Å². The minimum absolute atomic E-state index is 0.158. The van der Waals surface area contributed by atoms with Gasteiger partial charge in [0.2, 0.25) is 11.8 Å². The first-order valence-electron chi connectivity index (χ1n) is 14.2. The lowest BCUT2D eigenvalue weighted by Crippen LogP contribution is -2.53. The number of aryl methyl sites for hydroxylation is 1. The van der Waals surface area contributed by atoms with Crippen LogP contribution < -0.4 is 16.0 Å². The second-order valence-electron chi connectivity index (χ2n) is 11.4. The van der Waals surface area contributed by atoms with E-state index in [4.69, 9.17) is 9.72 Å². The van der Waals surface area contributed by atoms with Crippen LogP contribution in [0.5, 0.6) is 0 Å². The summed E-state index contributed by atoms with van der Waals surface area (Å²) < 4.78 is 21.1. The number of benzene rings is 2. The van der Waals surface area contributed by atoms with Crippen LogP contribution >= 0.6 is 0 Å². The van der Waals surface area contributed by atoms with Crippen LogP contribution in [-0.2, 0) is 27.4 Å². The van der Waals surface area contributed by atoms with Crippen molar-refractivity contribution in [3.05, 3.63) is 65.7 Å². The largest absolute Gasteiger partial charge is 0.444 e. The molecule has 42 heavy (non-hydrogen) atoms. The van der Waals surface area contributed by atoms with E-state index in [0.717, 1.165) is 29.1 Å². The molecule has 224 valence electrons. The summed E-state index contributed by atoms with van der Waals surface area (Å²) in [5, 5.41) is 8.82. The predicted octanol–water partition coefficient (Wildman–Crippen LogP) is 4.89. The zero-order valence-electron chi connectivity index (χ0n) is 24.8. The molecular weight excluding hydrogens is 539 g/mol. The first-order chi connectivity index (χ1) is 19.9. The normalized spacial score (nSPS) is 13.6. The monoisotopic (exact) mass is 578 g/mol. The molecule has 10 nitrogen and oxygen atoms in total. The Morgan fingerprint density at radius 1 is 1.05 bits per heavy atom. The maximum Gasteiger partial charge on any atom is 0.408 e. The van der Waals surface area contributed by atoms with Gasteiger partial charge in [-0.15, -0.1) is 0 Å². The van der Waals surface area contributed by atoms with E-state index < -0.39 is 23.6 Å². The predicted molar refractivity (Wildman–Crippen MR) is 159 cm³/mol. The molecule has 1 aliphatic rings. The summed E-state index contributed by atoms with van der Waals surface area (Å²) in [5.41, 5.74) is 2.58. The highest BCUT2D eigenvalue weighted by Gasteiger charge is 2.33. The van der Waals surface area contributed by atoms with Gasteiger partial charge in [-0.1, -0.05) is 24.6 Å². The summed E-state index contributed by atoms with van der Waals surface area (Å²) in [6.45, 7) is 10.5. The quantitative estimate of drug-likeness (QED) is 0.333. The van der Waals surface area contributed by atoms with Gasteiger partial charge < -0.3 is 30.2 Å². The number of fused-ring (bicyclic) bond motifs is 1. The summed E-state index contributed by atoms with van der Waals surface area (Å²) in [6, 6.07) is 12.9. The van der Waals surface area contributed by atoms with E-state index in [9.17, 15) is 18.8 Å². The third-order valence-electron chi connectivity index (χ3n) is 6.67. The topological polar surface area (TPSA) is 118 Å². The number of carbonyl (C=O) groups excluding carboxylic acids is 3. The van der Waals surface area contributed by atoms with Crippen molar-refractivity contribution in [1.82, 2.24) is 25.1 Å². The van der Waals surface area contributed by atoms with Crippen LogP contribution in [0.4, 0.5) is 20.7 Å². The standard InChI is InChI=1S/C31H39FN6O4/c1-6-15-33-26(39)18-24(35-30(41)42-31(3,4)5)29(40)37-16-17-38-25(19-37)36-27(21-9-11-22(32)12-10-21)28(38)34-23-13-7-20(2)8-14-23/h7-14,24,34H,6,15-19H2,1-5H3,(H,33,39)(H,35,41)/t24-/m0/s1. The highest BCUT2D eigenvalue weighted by Crippen LogP contribution is 2.33. The molecule has 0 fully saturated rings. The molecule has 3 amide bonds. The Hall–Kier alpha value is -4.41. The number of hydrogen-bond donors (Lipinski definition) is 3. The van der Waals surface area contributed by atoms with E-state index in [-0.39, 0.29) is 24.7 Å². The summed E-state index contributed by atoms with van der Waals surface area (Å²) >= 11 is 0. The van der Waals surface area contributed by atoms with Crippen molar-refractivity contribution in [2.24, 2.45) is 0 Å². The number of nitrogens with one attached hydrogen (secondary N) is 3. The van der Waals surface area contributed by atoms with E-state index >= 15 is 0 Å². The van der Waals surface area contributed by atoms with Crippen molar-refractivity contribution in [3.8, 4) is 11.3 Å². The van der Waals surface area contributed by atoms with E-state index in [0.29, 0.717) is 31.2 Å². The van der Waals surface area contributed by atoms with Crippen molar-refractivity contribution >= 4 is 29.4 Å². The molecule has 4 rings (SSSR count). The minimum atomic E-state index is -1.11. The fourth-order valence-electron chi connectivity index (χ4n) is 4.62. The van der Waals surface area contributed by atoms with Gasteiger partial charge in [0.05, 0.1) is 13.0 Å². The van der Waals surface area contributed by atoms with Crippen LogP contribution in [0.2, 0.25) is 0 Å². The van der Waals surface area contributed by atoms with Crippen LogP contribution in [0.15, 0.2) is 48.5 Å². The van der Waals surface area contributed by atoms with Crippen LogP contribution in [0.3, 0.4) is 0 Å². The van der Waals surface area contributed by atoms with E-state index in [1.54, 1.807) is 37.8 Å². The summed E-state index contributed by atoms with van der Waals surface area (Å²) in [5.74, 6) is 0.259. The average Bonchev–Trinajstić information content (AvgIpc) is 3.29. The van der Waals surface area contributed by atoms with Gasteiger partial charge in [-0.2, -0.15) is 0 Å². The third kappa shape index (κ3) is 7.86. The van der Waals surface area contributed by atoms with Gasteiger partial charge in [-0.05, 0) is 70.5 Å². The number of aromatic nitrogens is 2. The van der Waals surface area contributed by atoms with E-state index in [2.05, 4.69) is 16.0 Å². The van der Waals surface area contributed by atoms with Gasteiger partial charge in [0, 0.05) is 30.9 Å². The second kappa shape index (κ2) is 13.1. The van der Waals surface area contributed by atoms with Crippen molar-refractivity contribution in [2.75, 3.05) is 18.4 Å². The summed E-state index contributed by atoms with van der Waals surface area (Å²) in [4.78, 5) is 45.3. The SMILES string of the molecule is CCCNC(=O)C[C@H](NC(=O)OC(C)(C)C)C(=O)N1CCn2c(nc(-c3ccc(F)cc3)c2Nc2ccc(C)cc2)C1. The molecule has 1 aromatic heterocycles. The molecule has 3 aromatic rings. The maximum atomic E-state index is 13.7. The van der Waals surface area contributed by atoms with Gasteiger partial charge >= 0.3 is 6.09 Å². The van der Waals surface area contributed by atoms with Gasteiger partial charge in [0.25, 0.3) is 0 Å². The van der Waals surface area contributed by atoms with Gasteiger partial charge in [0.15, 0.2) is 0 Å². The molecule has 0 saturated carbocycles. The number of amides is 3. The number of anilines is 2. The zero-order chi connectivity index (χ0) is 30.4. The van der Waals surface area contributed by atoms with Crippen LogP contribution in [0, 0.1) is 12.7 Å². The molecule has 1 atom stereocenters.